The van der Waals surface area contributed by atoms with E-state index >= 15 is 0 Å². The molecule has 0 bridgehead atoms. The van der Waals surface area contributed by atoms with Gasteiger partial charge in [-0.2, -0.15) is 0 Å². The fraction of sp³-hybridized carbons (Fsp3) is 1.00. The van der Waals surface area contributed by atoms with Gasteiger partial charge in [0.25, 0.3) is 0 Å². The Hall–Kier alpha value is 0.0300. The van der Waals surface area contributed by atoms with Gasteiger partial charge in [0.2, 0.25) is 0 Å². The van der Waals surface area contributed by atoms with Crippen molar-refractivity contribution in [3.63, 3.8) is 0 Å². The zero-order chi connectivity index (χ0) is 12.5. The minimum atomic E-state index is -0.888. The molecule has 0 aromatic rings. The third-order valence-electron chi connectivity index (χ3n) is 3.93. The molecular weight excluding hydrogens is 238 g/mol. The molecule has 0 aromatic carbocycles. The number of ether oxygens (including phenoxy) is 2. The molecule has 1 spiro atoms. The summed E-state index contributed by atoms with van der Waals surface area (Å²) in [6.07, 6.45) is 3.28. The quantitative estimate of drug-likeness (QED) is 0.828. The molecule has 1 saturated carbocycles. The Bertz CT molecular complexity index is 291. The van der Waals surface area contributed by atoms with Crippen LogP contribution in [0.3, 0.4) is 0 Å². The molecule has 100 valence electrons. The van der Waals surface area contributed by atoms with Crippen LogP contribution in [0.4, 0.5) is 0 Å². The second-order valence-corrected chi connectivity index (χ2v) is 7.17. The van der Waals surface area contributed by atoms with Gasteiger partial charge >= 0.3 is 0 Å². The van der Waals surface area contributed by atoms with Gasteiger partial charge in [-0.15, -0.1) is 0 Å². The number of hydrogen-bond donors (Lipinski definition) is 1. The number of rotatable bonds is 3. The van der Waals surface area contributed by atoms with Gasteiger partial charge in [0, 0.05) is 34.9 Å². The average molecular weight is 261 g/mol. The Labute approximate surface area is 106 Å². The van der Waals surface area contributed by atoms with Gasteiger partial charge < -0.3 is 15.2 Å². The summed E-state index contributed by atoms with van der Waals surface area (Å²) in [5.74, 6) is -0.482. The largest absolute Gasteiger partial charge is 0.347 e. The van der Waals surface area contributed by atoms with Crippen molar-refractivity contribution in [3.8, 4) is 0 Å². The molecule has 0 amide bonds. The van der Waals surface area contributed by atoms with Crippen molar-refractivity contribution in [1.29, 1.82) is 0 Å². The van der Waals surface area contributed by atoms with Crippen molar-refractivity contribution in [3.05, 3.63) is 0 Å². The van der Waals surface area contributed by atoms with Crippen LogP contribution in [0.5, 0.6) is 0 Å². The lowest BCUT2D eigenvalue weighted by molar-refractivity contribution is -0.177. The van der Waals surface area contributed by atoms with E-state index in [4.69, 9.17) is 15.2 Å². The average Bonchev–Trinajstić information content (AvgIpc) is 2.79. The molecule has 2 N–H and O–H groups in total. The van der Waals surface area contributed by atoms with Crippen molar-refractivity contribution < 1.29 is 13.7 Å². The molecular formula is C12H23NO3S. The lowest BCUT2D eigenvalue weighted by Crippen LogP contribution is -2.51. The fourth-order valence-electron chi connectivity index (χ4n) is 2.61. The fourth-order valence-corrected chi connectivity index (χ4v) is 4.43. The highest BCUT2D eigenvalue weighted by molar-refractivity contribution is 7.86. The van der Waals surface area contributed by atoms with E-state index in [9.17, 15) is 4.21 Å². The molecule has 4 nitrogen and oxygen atoms in total. The normalized spacial score (nSPS) is 35.9. The van der Waals surface area contributed by atoms with E-state index < -0.39 is 16.6 Å². The van der Waals surface area contributed by atoms with E-state index in [-0.39, 0.29) is 16.5 Å². The summed E-state index contributed by atoms with van der Waals surface area (Å²) in [6, 6.07) is 0.0169. The Kier molecular flexibility index (Phi) is 4.23. The highest BCUT2D eigenvalue weighted by Crippen LogP contribution is 2.37. The molecule has 1 aliphatic heterocycles. The topological polar surface area (TPSA) is 61.6 Å². The Morgan fingerprint density at radius 3 is 2.71 bits per heavy atom. The van der Waals surface area contributed by atoms with E-state index in [1.54, 1.807) is 0 Å². The van der Waals surface area contributed by atoms with E-state index in [0.717, 1.165) is 19.3 Å². The molecule has 4 atom stereocenters. The van der Waals surface area contributed by atoms with Crippen LogP contribution in [-0.2, 0) is 20.3 Å². The Morgan fingerprint density at radius 2 is 2.12 bits per heavy atom. The molecule has 0 aromatic heterocycles. The number of hydrogen-bond acceptors (Lipinski definition) is 4. The van der Waals surface area contributed by atoms with Crippen molar-refractivity contribution >= 4 is 10.8 Å². The molecule has 1 saturated heterocycles. The SMILES string of the molecule is CCC(C)S(=O)C1CC2(CCC1N)OCCO2. The van der Waals surface area contributed by atoms with Crippen molar-refractivity contribution in [2.45, 2.75) is 61.9 Å². The maximum atomic E-state index is 12.4. The van der Waals surface area contributed by atoms with E-state index in [0.29, 0.717) is 19.6 Å². The lowest BCUT2D eigenvalue weighted by Gasteiger charge is -2.39. The van der Waals surface area contributed by atoms with Crippen molar-refractivity contribution in [1.82, 2.24) is 0 Å². The zero-order valence-electron chi connectivity index (χ0n) is 10.7. The van der Waals surface area contributed by atoms with Gasteiger partial charge in [-0.25, -0.2) is 0 Å². The molecule has 1 aliphatic carbocycles. The van der Waals surface area contributed by atoms with Crippen LogP contribution in [0.2, 0.25) is 0 Å². The third kappa shape index (κ3) is 2.72. The number of nitrogens with two attached hydrogens (primary N) is 1. The second kappa shape index (κ2) is 5.34. The molecule has 4 unspecified atom stereocenters. The van der Waals surface area contributed by atoms with Gasteiger partial charge in [-0.1, -0.05) is 13.8 Å². The van der Waals surface area contributed by atoms with Gasteiger partial charge in [0.1, 0.15) is 0 Å². The maximum absolute atomic E-state index is 12.4. The Balaban J connectivity index is 2.06. The van der Waals surface area contributed by atoms with Gasteiger partial charge in [-0.05, 0) is 12.8 Å². The van der Waals surface area contributed by atoms with Gasteiger partial charge in [-0.3, -0.25) is 4.21 Å². The lowest BCUT2D eigenvalue weighted by atomic mass is 9.90. The van der Waals surface area contributed by atoms with Gasteiger partial charge in [0.05, 0.1) is 18.5 Å². The summed E-state index contributed by atoms with van der Waals surface area (Å²) in [5.41, 5.74) is 6.12. The predicted octanol–water partition coefficient (Wildman–Crippen LogP) is 1.16. The Morgan fingerprint density at radius 1 is 1.47 bits per heavy atom. The summed E-state index contributed by atoms with van der Waals surface area (Å²) < 4.78 is 23.8. The zero-order valence-corrected chi connectivity index (χ0v) is 11.5. The van der Waals surface area contributed by atoms with Crippen LogP contribution in [0.1, 0.15) is 39.5 Å². The molecule has 1 heterocycles. The first-order valence-electron chi connectivity index (χ1n) is 6.51. The molecule has 2 aliphatic rings. The summed E-state index contributed by atoms with van der Waals surface area (Å²) in [6.45, 7) is 5.39. The predicted molar refractivity (Wildman–Crippen MR) is 68.1 cm³/mol. The van der Waals surface area contributed by atoms with E-state index in [1.807, 2.05) is 6.92 Å². The van der Waals surface area contributed by atoms with Crippen LogP contribution in [0.15, 0.2) is 0 Å². The third-order valence-corrected chi connectivity index (χ3v) is 6.17. The van der Waals surface area contributed by atoms with Crippen LogP contribution in [0.25, 0.3) is 0 Å². The van der Waals surface area contributed by atoms with Crippen LogP contribution < -0.4 is 5.73 Å². The summed E-state index contributed by atoms with van der Waals surface area (Å²) in [4.78, 5) is 0. The molecule has 17 heavy (non-hydrogen) atoms. The monoisotopic (exact) mass is 261 g/mol. The minimum absolute atomic E-state index is 0.0109. The highest BCUT2D eigenvalue weighted by atomic mass is 32.2. The van der Waals surface area contributed by atoms with Crippen molar-refractivity contribution in [2.75, 3.05) is 13.2 Å². The maximum Gasteiger partial charge on any atom is 0.169 e. The first-order chi connectivity index (χ1) is 8.08. The van der Waals surface area contributed by atoms with Crippen LogP contribution in [0, 0.1) is 0 Å². The first-order valence-corrected chi connectivity index (χ1v) is 7.78. The smallest absolute Gasteiger partial charge is 0.169 e. The summed E-state index contributed by atoms with van der Waals surface area (Å²) >= 11 is 0. The van der Waals surface area contributed by atoms with Crippen LogP contribution in [-0.4, -0.2) is 39.8 Å². The highest BCUT2D eigenvalue weighted by Gasteiger charge is 2.46. The minimum Gasteiger partial charge on any atom is -0.347 e. The molecule has 2 fully saturated rings. The molecule has 5 heteroatoms. The first kappa shape index (κ1) is 13.5. The standard InChI is InChI=1S/C12H23NO3S/c1-3-9(2)17(14)11-8-12(5-4-10(11)13)15-6-7-16-12/h9-11H,3-8,13H2,1-2H3. The summed E-state index contributed by atoms with van der Waals surface area (Å²) in [5, 5.41) is 0.208. The second-order valence-electron chi connectivity index (χ2n) is 5.10. The van der Waals surface area contributed by atoms with E-state index in [2.05, 4.69) is 6.92 Å². The molecule has 2 rings (SSSR count). The van der Waals surface area contributed by atoms with Gasteiger partial charge in [0.15, 0.2) is 5.79 Å². The van der Waals surface area contributed by atoms with E-state index in [1.165, 1.54) is 0 Å². The van der Waals surface area contributed by atoms with Crippen molar-refractivity contribution in [2.24, 2.45) is 5.73 Å². The summed E-state index contributed by atoms with van der Waals surface area (Å²) in [7, 11) is -0.888. The van der Waals surface area contributed by atoms with Crippen LogP contribution >= 0.6 is 0 Å². The molecule has 0 radical (unpaired) electrons.